The molecule has 0 atom stereocenters. The average Bonchev–Trinajstić information content (AvgIpc) is 2.78. The Bertz CT molecular complexity index is 988. The van der Waals surface area contributed by atoms with Crippen molar-refractivity contribution in [3.05, 3.63) is 48.5 Å². The van der Waals surface area contributed by atoms with Crippen LogP contribution in [-0.4, -0.2) is 34.8 Å². The van der Waals surface area contributed by atoms with Crippen LogP contribution in [-0.2, 0) is 4.79 Å². The molecule has 0 bridgehead atoms. The summed E-state index contributed by atoms with van der Waals surface area (Å²) in [5, 5.41) is 4.88. The third kappa shape index (κ3) is 4.88. The number of thioether (sulfide) groups is 1. The summed E-state index contributed by atoms with van der Waals surface area (Å²) >= 11 is 1.46. The van der Waals surface area contributed by atoms with Gasteiger partial charge in [0.05, 0.1) is 18.4 Å². The number of carbonyl (C=O) groups excluding carboxylic acids is 1. The van der Waals surface area contributed by atoms with E-state index >= 15 is 0 Å². The Kier molecular flexibility index (Phi) is 6.30. The second-order valence-corrected chi connectivity index (χ2v) is 8.26. The maximum absolute atomic E-state index is 12.5. The first-order valence-corrected chi connectivity index (χ1v) is 11.0. The maximum atomic E-state index is 12.5. The van der Waals surface area contributed by atoms with E-state index in [1.165, 1.54) is 31.0 Å². The van der Waals surface area contributed by atoms with Crippen LogP contribution in [0.5, 0.6) is 5.75 Å². The summed E-state index contributed by atoms with van der Waals surface area (Å²) in [7, 11) is 1.64. The SMILES string of the molecule is COc1ccc2nc(-c3ccccc3)nc(SCC(=O)NC3CCCCC3)c2c1. The van der Waals surface area contributed by atoms with Crippen molar-refractivity contribution in [3.8, 4) is 17.1 Å². The highest BCUT2D eigenvalue weighted by Gasteiger charge is 2.17. The minimum Gasteiger partial charge on any atom is -0.497 e. The normalized spacial score (nSPS) is 14.7. The molecule has 0 aliphatic heterocycles. The van der Waals surface area contributed by atoms with E-state index in [0.717, 1.165) is 40.1 Å². The Balaban J connectivity index is 1.59. The van der Waals surface area contributed by atoms with Gasteiger partial charge in [-0.3, -0.25) is 4.79 Å². The van der Waals surface area contributed by atoms with Crippen LogP contribution in [0.3, 0.4) is 0 Å². The molecule has 1 amide bonds. The fourth-order valence-corrected chi connectivity index (χ4v) is 4.50. The summed E-state index contributed by atoms with van der Waals surface area (Å²) < 4.78 is 5.37. The summed E-state index contributed by atoms with van der Waals surface area (Å²) in [6, 6.07) is 16.0. The Morgan fingerprint density at radius 3 is 2.66 bits per heavy atom. The van der Waals surface area contributed by atoms with E-state index in [1.807, 2.05) is 48.5 Å². The highest BCUT2D eigenvalue weighted by molar-refractivity contribution is 8.00. The number of hydrogen-bond acceptors (Lipinski definition) is 5. The zero-order valence-corrected chi connectivity index (χ0v) is 17.4. The standard InChI is InChI=1S/C23H25N3O2S/c1-28-18-12-13-20-19(14-18)23(26-22(25-20)16-8-4-2-5-9-16)29-15-21(27)24-17-10-6-3-7-11-17/h2,4-5,8-9,12-14,17H,3,6-7,10-11,15H2,1H3,(H,24,27). The molecule has 29 heavy (non-hydrogen) atoms. The van der Waals surface area contributed by atoms with Gasteiger partial charge in [0.25, 0.3) is 0 Å². The van der Waals surface area contributed by atoms with Crippen molar-refractivity contribution in [1.29, 1.82) is 0 Å². The summed E-state index contributed by atoms with van der Waals surface area (Å²) in [6.45, 7) is 0. The van der Waals surface area contributed by atoms with Crippen LogP contribution < -0.4 is 10.1 Å². The van der Waals surface area contributed by atoms with Gasteiger partial charge in [0, 0.05) is 17.0 Å². The van der Waals surface area contributed by atoms with Gasteiger partial charge in [-0.25, -0.2) is 9.97 Å². The van der Waals surface area contributed by atoms with E-state index in [0.29, 0.717) is 17.6 Å². The molecule has 150 valence electrons. The van der Waals surface area contributed by atoms with Gasteiger partial charge in [-0.2, -0.15) is 0 Å². The van der Waals surface area contributed by atoms with E-state index in [9.17, 15) is 4.79 Å². The predicted molar refractivity (Wildman–Crippen MR) is 117 cm³/mol. The number of amides is 1. The molecule has 3 aromatic rings. The minimum atomic E-state index is 0.0674. The number of methoxy groups -OCH3 is 1. The van der Waals surface area contributed by atoms with Crippen molar-refractivity contribution in [1.82, 2.24) is 15.3 Å². The Labute approximate surface area is 175 Å². The van der Waals surface area contributed by atoms with E-state index in [2.05, 4.69) is 5.32 Å². The second-order valence-electron chi connectivity index (χ2n) is 7.29. The van der Waals surface area contributed by atoms with Crippen LogP contribution in [0.2, 0.25) is 0 Å². The van der Waals surface area contributed by atoms with Crippen LogP contribution in [0.4, 0.5) is 0 Å². The number of fused-ring (bicyclic) bond motifs is 1. The van der Waals surface area contributed by atoms with Gasteiger partial charge in [0.2, 0.25) is 5.91 Å². The Morgan fingerprint density at radius 2 is 1.90 bits per heavy atom. The molecule has 1 aliphatic rings. The molecule has 1 saturated carbocycles. The molecule has 6 heteroatoms. The molecule has 1 heterocycles. The third-order valence-corrected chi connectivity index (χ3v) is 6.20. The van der Waals surface area contributed by atoms with Crippen molar-refractivity contribution in [2.75, 3.05) is 12.9 Å². The lowest BCUT2D eigenvalue weighted by Crippen LogP contribution is -2.37. The molecule has 0 unspecified atom stereocenters. The number of rotatable bonds is 6. The largest absolute Gasteiger partial charge is 0.497 e. The van der Waals surface area contributed by atoms with E-state index in [-0.39, 0.29) is 5.91 Å². The number of nitrogens with zero attached hydrogens (tertiary/aromatic N) is 2. The summed E-state index contributed by atoms with van der Waals surface area (Å²) in [4.78, 5) is 22.0. The molecule has 0 radical (unpaired) electrons. The highest BCUT2D eigenvalue weighted by atomic mass is 32.2. The van der Waals surface area contributed by atoms with Crippen molar-refractivity contribution >= 4 is 28.6 Å². The average molecular weight is 408 g/mol. The van der Waals surface area contributed by atoms with Crippen LogP contribution in [0.15, 0.2) is 53.6 Å². The highest BCUT2D eigenvalue weighted by Crippen LogP contribution is 2.31. The van der Waals surface area contributed by atoms with Gasteiger partial charge in [-0.05, 0) is 31.0 Å². The molecule has 0 spiro atoms. The molecule has 4 rings (SSSR count). The van der Waals surface area contributed by atoms with E-state index in [1.54, 1.807) is 7.11 Å². The molecular weight excluding hydrogens is 382 g/mol. The smallest absolute Gasteiger partial charge is 0.230 e. The summed E-state index contributed by atoms with van der Waals surface area (Å²) in [5.41, 5.74) is 1.80. The van der Waals surface area contributed by atoms with Crippen molar-refractivity contribution < 1.29 is 9.53 Å². The first kappa shape index (κ1) is 19.7. The van der Waals surface area contributed by atoms with Crippen LogP contribution in [0.25, 0.3) is 22.3 Å². The number of carbonyl (C=O) groups is 1. The number of aromatic nitrogens is 2. The Morgan fingerprint density at radius 1 is 1.10 bits per heavy atom. The fraction of sp³-hybridized carbons (Fsp3) is 0.348. The monoisotopic (exact) mass is 407 g/mol. The van der Waals surface area contributed by atoms with E-state index in [4.69, 9.17) is 14.7 Å². The summed E-state index contributed by atoms with van der Waals surface area (Å²) in [6.07, 6.45) is 5.85. The summed E-state index contributed by atoms with van der Waals surface area (Å²) in [5.74, 6) is 1.83. The topological polar surface area (TPSA) is 64.1 Å². The van der Waals surface area contributed by atoms with Crippen molar-refractivity contribution in [2.24, 2.45) is 0 Å². The van der Waals surface area contributed by atoms with E-state index < -0.39 is 0 Å². The van der Waals surface area contributed by atoms with Gasteiger partial charge in [0.15, 0.2) is 5.82 Å². The van der Waals surface area contributed by atoms with Crippen molar-refractivity contribution in [3.63, 3.8) is 0 Å². The number of ether oxygens (including phenoxy) is 1. The van der Waals surface area contributed by atoms with Gasteiger partial charge < -0.3 is 10.1 Å². The van der Waals surface area contributed by atoms with Gasteiger partial charge in [-0.1, -0.05) is 61.4 Å². The quantitative estimate of drug-likeness (QED) is 0.468. The van der Waals surface area contributed by atoms with Gasteiger partial charge in [-0.15, -0.1) is 0 Å². The number of hydrogen-bond donors (Lipinski definition) is 1. The molecule has 1 fully saturated rings. The third-order valence-electron chi connectivity index (χ3n) is 5.21. The lowest BCUT2D eigenvalue weighted by atomic mass is 9.95. The number of benzene rings is 2. The molecule has 5 nitrogen and oxygen atoms in total. The molecule has 0 saturated heterocycles. The molecule has 1 aliphatic carbocycles. The maximum Gasteiger partial charge on any atom is 0.230 e. The molecule has 1 aromatic heterocycles. The fourth-order valence-electron chi connectivity index (χ4n) is 3.68. The zero-order chi connectivity index (χ0) is 20.1. The lowest BCUT2D eigenvalue weighted by molar-refractivity contribution is -0.119. The first-order valence-electron chi connectivity index (χ1n) is 10.1. The first-order chi connectivity index (χ1) is 14.2. The molecule has 2 aromatic carbocycles. The lowest BCUT2D eigenvalue weighted by Gasteiger charge is -2.22. The Hall–Kier alpha value is -2.60. The van der Waals surface area contributed by atoms with Gasteiger partial charge in [0.1, 0.15) is 10.8 Å². The van der Waals surface area contributed by atoms with Crippen molar-refractivity contribution in [2.45, 2.75) is 43.2 Å². The molecular formula is C23H25N3O2S. The minimum absolute atomic E-state index is 0.0674. The van der Waals surface area contributed by atoms with Crippen LogP contribution >= 0.6 is 11.8 Å². The molecule has 1 N–H and O–H groups in total. The van der Waals surface area contributed by atoms with Gasteiger partial charge >= 0.3 is 0 Å². The second kappa shape index (κ2) is 9.27. The van der Waals surface area contributed by atoms with Crippen LogP contribution in [0.1, 0.15) is 32.1 Å². The zero-order valence-electron chi connectivity index (χ0n) is 16.6. The van der Waals surface area contributed by atoms with Crippen LogP contribution in [0, 0.1) is 0 Å². The predicted octanol–water partition coefficient (Wildman–Crippen LogP) is 4.85. The number of nitrogens with one attached hydrogen (secondary N) is 1.